The van der Waals surface area contributed by atoms with Crippen molar-refractivity contribution in [2.45, 2.75) is 70.9 Å². The summed E-state index contributed by atoms with van der Waals surface area (Å²) < 4.78 is 58.8. The molecule has 2 aromatic heterocycles. The molecule has 0 bridgehead atoms. The van der Waals surface area contributed by atoms with Gasteiger partial charge in [-0.3, -0.25) is 13.9 Å². The van der Waals surface area contributed by atoms with Gasteiger partial charge in [0.1, 0.15) is 24.0 Å². The average molecular weight is 597 g/mol. The number of ether oxygens (including phenoxy) is 3. The lowest BCUT2D eigenvalue weighted by atomic mass is 9.98. The number of fused-ring (bicyclic) bond motifs is 1. The number of para-hydroxylation sites is 1. The van der Waals surface area contributed by atoms with Crippen LogP contribution in [0.3, 0.4) is 0 Å². The summed E-state index contributed by atoms with van der Waals surface area (Å²) in [6.07, 6.45) is -3.61. The molecule has 0 aliphatic carbocycles. The SMILES string of the molecule is CCOc1nc(N)nc2c1ncn2[C@@H]1O[C@H](COP(=O)(N[C@@H](C)C(=O)OC(C)C)Oc2ccccc2)[C@@H](O)[C@@]1(C)F. The second-order valence-corrected chi connectivity index (χ2v) is 11.5. The van der Waals surface area contributed by atoms with E-state index < -0.39 is 56.6 Å². The fraction of sp³-hybridized carbons (Fsp3) is 0.520. The number of rotatable bonds is 12. The molecule has 1 aliphatic heterocycles. The Morgan fingerprint density at radius 3 is 2.66 bits per heavy atom. The lowest BCUT2D eigenvalue weighted by Crippen LogP contribution is -2.41. The summed E-state index contributed by atoms with van der Waals surface area (Å²) in [7, 11) is -4.29. The second-order valence-electron chi connectivity index (χ2n) is 9.80. The third-order valence-electron chi connectivity index (χ3n) is 6.09. The maximum atomic E-state index is 16.0. The number of carbonyl (C=O) groups is 1. The molecule has 0 amide bonds. The van der Waals surface area contributed by atoms with Crippen LogP contribution in [0.25, 0.3) is 11.2 Å². The molecule has 1 aromatic carbocycles. The van der Waals surface area contributed by atoms with Crippen molar-refractivity contribution >= 4 is 30.8 Å². The van der Waals surface area contributed by atoms with Crippen LogP contribution in [0.4, 0.5) is 10.3 Å². The number of hydrogen-bond acceptors (Lipinski definition) is 12. The minimum atomic E-state index is -4.29. The number of nitrogen functional groups attached to an aromatic ring is 1. The molecule has 1 unspecified atom stereocenters. The molecule has 4 rings (SSSR count). The zero-order valence-electron chi connectivity index (χ0n) is 23.3. The van der Waals surface area contributed by atoms with Gasteiger partial charge in [0.2, 0.25) is 11.8 Å². The molecular formula is C25H34FN6O8P. The quantitative estimate of drug-likeness (QED) is 0.205. The summed E-state index contributed by atoms with van der Waals surface area (Å²) in [6.45, 7) is 7.38. The summed E-state index contributed by atoms with van der Waals surface area (Å²) in [5.74, 6) is -0.519. The highest BCUT2D eigenvalue weighted by Gasteiger charge is 2.56. The van der Waals surface area contributed by atoms with Crippen LogP contribution in [0.15, 0.2) is 36.7 Å². The number of halogens is 1. The Hall–Kier alpha value is -3.36. The zero-order valence-corrected chi connectivity index (χ0v) is 24.2. The lowest BCUT2D eigenvalue weighted by Gasteiger charge is -2.25. The van der Waals surface area contributed by atoms with Crippen LogP contribution in [0, 0.1) is 0 Å². The van der Waals surface area contributed by atoms with Crippen LogP contribution in [0.2, 0.25) is 0 Å². The van der Waals surface area contributed by atoms with Gasteiger partial charge in [-0.05, 0) is 46.8 Å². The van der Waals surface area contributed by atoms with Gasteiger partial charge >= 0.3 is 13.7 Å². The van der Waals surface area contributed by atoms with Crippen LogP contribution in [0.5, 0.6) is 11.6 Å². The number of nitrogens with zero attached hydrogens (tertiary/aromatic N) is 4. The molecule has 16 heteroatoms. The van der Waals surface area contributed by atoms with E-state index in [-0.39, 0.29) is 35.3 Å². The minimum absolute atomic E-state index is 0.114. The van der Waals surface area contributed by atoms with Gasteiger partial charge in [0.15, 0.2) is 23.1 Å². The summed E-state index contributed by atoms with van der Waals surface area (Å²) >= 11 is 0. The highest BCUT2D eigenvalue weighted by atomic mass is 31.2. The van der Waals surface area contributed by atoms with Crippen LogP contribution in [0.1, 0.15) is 40.8 Å². The fourth-order valence-electron chi connectivity index (χ4n) is 4.17. The molecule has 1 aliphatic rings. The van der Waals surface area contributed by atoms with Crippen molar-refractivity contribution in [1.82, 2.24) is 24.6 Å². The highest BCUT2D eigenvalue weighted by molar-refractivity contribution is 7.52. The summed E-state index contributed by atoms with van der Waals surface area (Å²) in [6, 6.07) is 7.03. The van der Waals surface area contributed by atoms with Gasteiger partial charge < -0.3 is 29.6 Å². The second kappa shape index (κ2) is 12.2. The number of alkyl halides is 1. The van der Waals surface area contributed by atoms with Crippen LogP contribution < -0.4 is 20.1 Å². The lowest BCUT2D eigenvalue weighted by molar-refractivity contribution is -0.149. The Kier molecular flexibility index (Phi) is 9.14. The first-order chi connectivity index (χ1) is 19.3. The molecule has 0 spiro atoms. The van der Waals surface area contributed by atoms with E-state index in [0.29, 0.717) is 0 Å². The molecule has 0 radical (unpaired) electrons. The standard InChI is InChI=1S/C25H34FN6O8P/c1-6-36-21-18-20(29-24(27)30-21)32(13-28-18)23-25(5,26)19(33)17(39-23)12-37-41(35,40-16-10-8-7-9-11-16)31-15(4)22(34)38-14(2)3/h7-11,13-15,17,19,23,33H,6,12H2,1-5H3,(H,31,35)(H2,27,29,30)/t15-,17+,19+,23+,25+,41?/m0/s1. The first-order valence-corrected chi connectivity index (χ1v) is 14.5. The number of nitrogens with one attached hydrogen (secondary N) is 1. The number of aliphatic hydroxyl groups excluding tert-OH is 1. The maximum Gasteiger partial charge on any atom is 0.459 e. The predicted octanol–water partition coefficient (Wildman–Crippen LogP) is 2.93. The van der Waals surface area contributed by atoms with E-state index in [1.807, 2.05) is 0 Å². The van der Waals surface area contributed by atoms with Gasteiger partial charge in [0.05, 0.1) is 25.6 Å². The number of esters is 1. The van der Waals surface area contributed by atoms with Crippen molar-refractivity contribution in [2.24, 2.45) is 0 Å². The number of nitrogens with two attached hydrogens (primary N) is 1. The van der Waals surface area contributed by atoms with Crippen molar-refractivity contribution < 1.29 is 42.1 Å². The molecule has 1 saturated heterocycles. The third-order valence-corrected chi connectivity index (χ3v) is 7.74. The van der Waals surface area contributed by atoms with E-state index in [1.165, 1.54) is 17.8 Å². The molecule has 41 heavy (non-hydrogen) atoms. The molecule has 6 atom stereocenters. The number of aromatic nitrogens is 4. The number of carbonyl (C=O) groups excluding carboxylic acids is 1. The van der Waals surface area contributed by atoms with E-state index in [0.717, 1.165) is 6.92 Å². The van der Waals surface area contributed by atoms with Gasteiger partial charge in [-0.25, -0.2) is 13.9 Å². The predicted molar refractivity (Wildman–Crippen MR) is 145 cm³/mol. The molecular weight excluding hydrogens is 562 g/mol. The molecule has 3 aromatic rings. The molecule has 0 saturated carbocycles. The first kappa shape index (κ1) is 30.6. The number of aliphatic hydroxyl groups is 1. The number of benzene rings is 1. The van der Waals surface area contributed by atoms with Crippen LogP contribution in [-0.2, 0) is 23.4 Å². The monoisotopic (exact) mass is 596 g/mol. The Balaban J connectivity index is 1.56. The molecule has 14 nitrogen and oxygen atoms in total. The van der Waals surface area contributed by atoms with Gasteiger partial charge in [-0.2, -0.15) is 15.1 Å². The van der Waals surface area contributed by atoms with E-state index in [2.05, 4.69) is 20.0 Å². The average Bonchev–Trinajstić information content (AvgIpc) is 3.41. The largest absolute Gasteiger partial charge is 0.476 e. The Morgan fingerprint density at radius 1 is 1.29 bits per heavy atom. The van der Waals surface area contributed by atoms with Gasteiger partial charge in [0.25, 0.3) is 0 Å². The molecule has 4 N–H and O–H groups in total. The van der Waals surface area contributed by atoms with Crippen molar-refractivity contribution in [3.8, 4) is 11.6 Å². The van der Waals surface area contributed by atoms with Crippen molar-refractivity contribution in [1.29, 1.82) is 0 Å². The van der Waals surface area contributed by atoms with E-state index in [4.69, 9.17) is 29.0 Å². The molecule has 1 fully saturated rings. The Labute approximate surface area is 235 Å². The highest BCUT2D eigenvalue weighted by Crippen LogP contribution is 2.48. The first-order valence-electron chi connectivity index (χ1n) is 13.0. The molecule has 3 heterocycles. The van der Waals surface area contributed by atoms with Crippen LogP contribution in [-0.4, -0.2) is 73.8 Å². The van der Waals surface area contributed by atoms with E-state index >= 15 is 4.39 Å². The number of hydrogen-bond donors (Lipinski definition) is 3. The minimum Gasteiger partial charge on any atom is -0.476 e. The number of anilines is 1. The summed E-state index contributed by atoms with van der Waals surface area (Å²) in [5.41, 5.74) is 3.79. The van der Waals surface area contributed by atoms with Crippen molar-refractivity contribution in [3.05, 3.63) is 36.7 Å². The van der Waals surface area contributed by atoms with E-state index in [9.17, 15) is 14.5 Å². The van der Waals surface area contributed by atoms with Gasteiger partial charge in [-0.1, -0.05) is 18.2 Å². The van der Waals surface area contributed by atoms with Crippen molar-refractivity contribution in [3.63, 3.8) is 0 Å². The summed E-state index contributed by atoms with van der Waals surface area (Å²) in [5, 5.41) is 13.4. The maximum absolute atomic E-state index is 16.0. The molecule has 224 valence electrons. The van der Waals surface area contributed by atoms with Gasteiger partial charge in [0, 0.05) is 0 Å². The number of imidazole rings is 1. The van der Waals surface area contributed by atoms with Crippen molar-refractivity contribution in [2.75, 3.05) is 18.9 Å². The topological polar surface area (TPSA) is 182 Å². The smallest absolute Gasteiger partial charge is 0.459 e. The van der Waals surface area contributed by atoms with Gasteiger partial charge in [-0.15, -0.1) is 0 Å². The zero-order chi connectivity index (χ0) is 29.9. The normalized spacial score (nSPS) is 24.7. The Bertz CT molecular complexity index is 1410. The summed E-state index contributed by atoms with van der Waals surface area (Å²) in [4.78, 5) is 24.8. The third kappa shape index (κ3) is 6.76. The van der Waals surface area contributed by atoms with E-state index in [1.54, 1.807) is 51.1 Å². The van der Waals surface area contributed by atoms with Crippen LogP contribution >= 0.6 is 7.75 Å². The fourth-order valence-corrected chi connectivity index (χ4v) is 5.67. The Morgan fingerprint density at radius 2 is 2.00 bits per heavy atom.